The van der Waals surface area contributed by atoms with E-state index < -0.39 is 0 Å². The molecule has 0 aliphatic heterocycles. The van der Waals surface area contributed by atoms with Crippen molar-refractivity contribution in [3.05, 3.63) is 65.6 Å². The van der Waals surface area contributed by atoms with Crippen LogP contribution in [0.25, 0.3) is 11.3 Å². The van der Waals surface area contributed by atoms with Crippen LogP contribution in [0.4, 0.5) is 5.69 Å². The average Bonchev–Trinajstić information content (AvgIpc) is 3.10. The van der Waals surface area contributed by atoms with Gasteiger partial charge in [-0.1, -0.05) is 23.7 Å². The van der Waals surface area contributed by atoms with E-state index in [1.165, 1.54) is 0 Å². The van der Waals surface area contributed by atoms with Crippen LogP contribution in [0, 0.1) is 0 Å². The second-order valence-corrected chi connectivity index (χ2v) is 6.66. The number of carbonyl (C=O) groups excluding carboxylic acids is 1. The Kier molecular flexibility index (Phi) is 5.79. The van der Waals surface area contributed by atoms with Gasteiger partial charge >= 0.3 is 0 Å². The molecule has 128 valence electrons. The third-order valence-corrected chi connectivity index (χ3v) is 4.68. The minimum Gasteiger partial charge on any atom is -0.441 e. The van der Waals surface area contributed by atoms with E-state index in [1.807, 2.05) is 42.7 Å². The zero-order valence-electron chi connectivity index (χ0n) is 13.7. The van der Waals surface area contributed by atoms with Crippen molar-refractivity contribution < 1.29 is 9.21 Å². The van der Waals surface area contributed by atoms with Gasteiger partial charge in [-0.25, -0.2) is 4.98 Å². The predicted molar refractivity (Wildman–Crippen MR) is 102 cm³/mol. The molecule has 0 spiro atoms. The molecular weight excluding hydrogens is 356 g/mol. The van der Waals surface area contributed by atoms with E-state index in [9.17, 15) is 4.79 Å². The summed E-state index contributed by atoms with van der Waals surface area (Å²) in [4.78, 5) is 17.4. The fraction of sp³-hybridized carbons (Fsp3) is 0.158. The number of hydrogen-bond acceptors (Lipinski definition) is 4. The van der Waals surface area contributed by atoms with E-state index in [0.29, 0.717) is 29.5 Å². The molecule has 0 atom stereocenters. The fourth-order valence-corrected chi connectivity index (χ4v) is 3.03. The van der Waals surface area contributed by atoms with E-state index in [0.717, 1.165) is 16.1 Å². The molecule has 25 heavy (non-hydrogen) atoms. The molecule has 4 nitrogen and oxygen atoms in total. The Morgan fingerprint density at radius 1 is 1.20 bits per heavy atom. The van der Waals surface area contributed by atoms with Crippen molar-refractivity contribution in [3.8, 4) is 11.3 Å². The summed E-state index contributed by atoms with van der Waals surface area (Å²) in [6.07, 6.45) is 4.40. The van der Waals surface area contributed by atoms with Gasteiger partial charge in [-0.3, -0.25) is 4.79 Å². The summed E-state index contributed by atoms with van der Waals surface area (Å²) >= 11 is 7.48. The molecule has 1 N–H and O–H groups in total. The molecule has 0 unspecified atom stereocenters. The van der Waals surface area contributed by atoms with Crippen LogP contribution in [0.2, 0.25) is 5.02 Å². The van der Waals surface area contributed by atoms with E-state index in [-0.39, 0.29) is 5.91 Å². The van der Waals surface area contributed by atoms with Gasteiger partial charge in [0.2, 0.25) is 5.91 Å². The highest BCUT2D eigenvalue weighted by Gasteiger charge is 2.10. The molecule has 0 saturated carbocycles. The highest BCUT2D eigenvalue weighted by Crippen LogP contribution is 2.25. The molecule has 1 aromatic heterocycles. The maximum atomic E-state index is 12.2. The number of halogens is 1. The molecule has 0 aliphatic rings. The molecule has 0 bridgehead atoms. The number of nitrogens with one attached hydrogen (secondary N) is 1. The first kappa shape index (κ1) is 17.6. The molecule has 1 heterocycles. The summed E-state index contributed by atoms with van der Waals surface area (Å²) in [5.41, 5.74) is 1.73. The highest BCUT2D eigenvalue weighted by atomic mass is 35.5. The maximum absolute atomic E-state index is 12.2. The summed E-state index contributed by atoms with van der Waals surface area (Å²) in [5, 5.41) is 3.60. The Morgan fingerprint density at radius 3 is 2.72 bits per heavy atom. The topological polar surface area (TPSA) is 55.1 Å². The minimum absolute atomic E-state index is 0.0623. The van der Waals surface area contributed by atoms with Crippen molar-refractivity contribution >= 4 is 35.0 Å². The number of amides is 1. The van der Waals surface area contributed by atoms with E-state index >= 15 is 0 Å². The van der Waals surface area contributed by atoms with Crippen LogP contribution in [-0.4, -0.2) is 17.1 Å². The molecule has 3 aromatic rings. The number of para-hydroxylation sites is 1. The van der Waals surface area contributed by atoms with Crippen molar-refractivity contribution in [2.24, 2.45) is 0 Å². The number of aromatic nitrogens is 1. The first-order valence-corrected chi connectivity index (χ1v) is 9.39. The number of thioether (sulfide) groups is 1. The lowest BCUT2D eigenvalue weighted by molar-refractivity contribution is -0.116. The fourth-order valence-electron chi connectivity index (χ4n) is 2.35. The normalized spacial score (nSPS) is 10.6. The Hall–Kier alpha value is -2.24. The van der Waals surface area contributed by atoms with Gasteiger partial charge in [-0.15, -0.1) is 11.8 Å². The number of benzene rings is 2. The number of oxazole rings is 1. The highest BCUT2D eigenvalue weighted by molar-refractivity contribution is 7.98. The maximum Gasteiger partial charge on any atom is 0.224 e. The molecule has 0 radical (unpaired) electrons. The van der Waals surface area contributed by atoms with Crippen molar-refractivity contribution in [2.75, 3.05) is 11.6 Å². The van der Waals surface area contributed by atoms with Gasteiger partial charge < -0.3 is 9.73 Å². The monoisotopic (exact) mass is 372 g/mol. The van der Waals surface area contributed by atoms with Crippen LogP contribution in [0.1, 0.15) is 12.3 Å². The third kappa shape index (κ3) is 4.65. The van der Waals surface area contributed by atoms with Gasteiger partial charge in [0.15, 0.2) is 11.7 Å². The molecular formula is C19H17ClN2O2S. The number of rotatable bonds is 6. The zero-order valence-corrected chi connectivity index (χ0v) is 15.2. The zero-order chi connectivity index (χ0) is 17.6. The number of nitrogens with zero attached hydrogens (tertiary/aromatic N) is 1. The summed E-state index contributed by atoms with van der Waals surface area (Å²) in [5.74, 6) is 1.14. The van der Waals surface area contributed by atoms with Crippen LogP contribution in [0.15, 0.2) is 64.0 Å². The van der Waals surface area contributed by atoms with Gasteiger partial charge in [0.1, 0.15) is 0 Å². The molecule has 0 saturated heterocycles. The molecule has 6 heteroatoms. The Balaban J connectivity index is 1.58. The summed E-state index contributed by atoms with van der Waals surface area (Å²) in [6, 6.07) is 15.1. The Bertz CT molecular complexity index is 862. The van der Waals surface area contributed by atoms with Gasteiger partial charge in [-0.05, 0) is 42.7 Å². The largest absolute Gasteiger partial charge is 0.441 e. The van der Waals surface area contributed by atoms with Crippen molar-refractivity contribution in [1.29, 1.82) is 0 Å². The predicted octanol–water partition coefficient (Wildman–Crippen LogP) is 5.29. The van der Waals surface area contributed by atoms with Crippen molar-refractivity contribution in [1.82, 2.24) is 4.98 Å². The second-order valence-electron chi connectivity index (χ2n) is 5.37. The van der Waals surface area contributed by atoms with Crippen LogP contribution < -0.4 is 5.32 Å². The summed E-state index contributed by atoms with van der Waals surface area (Å²) in [6.45, 7) is 0. The van der Waals surface area contributed by atoms with Gasteiger partial charge in [-0.2, -0.15) is 0 Å². The lowest BCUT2D eigenvalue weighted by Crippen LogP contribution is -2.13. The van der Waals surface area contributed by atoms with E-state index in [4.69, 9.17) is 16.0 Å². The number of hydrogen-bond donors (Lipinski definition) is 1. The van der Waals surface area contributed by atoms with Crippen LogP contribution >= 0.6 is 23.4 Å². The molecule has 3 rings (SSSR count). The minimum atomic E-state index is -0.0623. The Morgan fingerprint density at radius 2 is 1.96 bits per heavy atom. The first-order valence-electron chi connectivity index (χ1n) is 7.79. The first-order chi connectivity index (χ1) is 12.2. The third-order valence-electron chi connectivity index (χ3n) is 3.63. The van der Waals surface area contributed by atoms with Gasteiger partial charge in [0.25, 0.3) is 0 Å². The second kappa shape index (κ2) is 8.23. The average molecular weight is 373 g/mol. The number of carbonyl (C=O) groups is 1. The molecule has 0 fully saturated rings. The SMILES string of the molecule is CSc1ccccc1NC(=O)CCc1ncc(-c2ccc(Cl)cc2)o1. The van der Waals surface area contributed by atoms with Crippen LogP contribution in [0.5, 0.6) is 0 Å². The molecule has 2 aromatic carbocycles. The lowest BCUT2D eigenvalue weighted by atomic mass is 10.2. The van der Waals surface area contributed by atoms with Crippen molar-refractivity contribution in [3.63, 3.8) is 0 Å². The Labute approximate surface area is 155 Å². The lowest BCUT2D eigenvalue weighted by Gasteiger charge is -2.08. The summed E-state index contributed by atoms with van der Waals surface area (Å²) in [7, 11) is 0. The van der Waals surface area contributed by atoms with Crippen LogP contribution in [0.3, 0.4) is 0 Å². The molecule has 1 amide bonds. The smallest absolute Gasteiger partial charge is 0.224 e. The number of anilines is 1. The standard InChI is InChI=1S/C19H17ClN2O2S/c1-25-17-5-3-2-4-15(17)22-18(23)10-11-19-21-12-16(24-19)13-6-8-14(20)9-7-13/h2-9,12H,10-11H2,1H3,(H,22,23). The quantitative estimate of drug-likeness (QED) is 0.597. The van der Waals surface area contributed by atoms with E-state index in [2.05, 4.69) is 10.3 Å². The van der Waals surface area contributed by atoms with Gasteiger partial charge in [0.05, 0.1) is 11.9 Å². The van der Waals surface area contributed by atoms with E-state index in [1.54, 1.807) is 30.1 Å². The number of aryl methyl sites for hydroxylation is 1. The van der Waals surface area contributed by atoms with Crippen molar-refractivity contribution in [2.45, 2.75) is 17.7 Å². The molecule has 0 aliphatic carbocycles. The van der Waals surface area contributed by atoms with Gasteiger partial charge in [0, 0.05) is 28.3 Å². The summed E-state index contributed by atoms with van der Waals surface area (Å²) < 4.78 is 5.72. The van der Waals surface area contributed by atoms with Crippen LogP contribution in [-0.2, 0) is 11.2 Å².